The molecule has 1 aromatic carbocycles. The van der Waals surface area contributed by atoms with E-state index in [9.17, 15) is 0 Å². The molecule has 0 aliphatic carbocycles. The van der Waals surface area contributed by atoms with Crippen LogP contribution in [-0.4, -0.2) is 9.97 Å². The molecule has 18 heavy (non-hydrogen) atoms. The van der Waals surface area contributed by atoms with Crippen molar-refractivity contribution < 1.29 is 4.74 Å². The van der Waals surface area contributed by atoms with Gasteiger partial charge in [-0.2, -0.15) is 0 Å². The van der Waals surface area contributed by atoms with Crippen LogP contribution in [0.4, 0.5) is 0 Å². The van der Waals surface area contributed by atoms with E-state index in [-0.39, 0.29) is 0 Å². The fourth-order valence-corrected chi connectivity index (χ4v) is 1.29. The molecule has 0 N–H and O–H groups in total. The van der Waals surface area contributed by atoms with Crippen LogP contribution in [0.1, 0.15) is 31.9 Å². The summed E-state index contributed by atoms with van der Waals surface area (Å²) in [6.07, 6.45) is 4.51. The van der Waals surface area contributed by atoms with Gasteiger partial charge < -0.3 is 4.74 Å². The van der Waals surface area contributed by atoms with E-state index in [1.54, 1.807) is 12.4 Å². The first-order chi connectivity index (χ1) is 8.78. The first-order valence-corrected chi connectivity index (χ1v) is 6.33. The lowest BCUT2D eigenvalue weighted by atomic mass is 10.2. The van der Waals surface area contributed by atoms with Crippen molar-refractivity contribution in [2.75, 3.05) is 0 Å². The van der Waals surface area contributed by atoms with Crippen LogP contribution < -0.4 is 4.74 Å². The average molecular weight is 244 g/mol. The van der Waals surface area contributed by atoms with E-state index in [4.69, 9.17) is 4.74 Å². The minimum atomic E-state index is 0.390. The number of benzene rings is 1. The van der Waals surface area contributed by atoms with E-state index in [0.717, 1.165) is 17.7 Å². The van der Waals surface area contributed by atoms with Crippen molar-refractivity contribution in [2.45, 2.75) is 34.1 Å². The Bertz CT molecular complexity index is 449. The molecular formula is C15H20N2O. The van der Waals surface area contributed by atoms with E-state index < -0.39 is 0 Å². The van der Waals surface area contributed by atoms with Gasteiger partial charge in [0.2, 0.25) is 0 Å². The first-order valence-electron chi connectivity index (χ1n) is 6.33. The number of hydrogen-bond acceptors (Lipinski definition) is 3. The molecule has 0 aliphatic heterocycles. The zero-order valence-corrected chi connectivity index (χ0v) is 11.5. The predicted octanol–water partition coefficient (Wildman–Crippen LogP) is 4.17. The van der Waals surface area contributed by atoms with Crippen molar-refractivity contribution in [2.24, 2.45) is 0 Å². The maximum Gasteiger partial charge on any atom is 0.321 e. The molecule has 2 rings (SSSR count). The smallest absolute Gasteiger partial charge is 0.321 e. The number of hydrogen-bond donors (Lipinski definition) is 0. The quantitative estimate of drug-likeness (QED) is 0.813. The fourth-order valence-electron chi connectivity index (χ4n) is 1.29. The molecule has 0 saturated carbocycles. The Labute approximate surface area is 109 Å². The first kappa shape index (κ1) is 14.2. The van der Waals surface area contributed by atoms with Gasteiger partial charge in [-0.25, -0.2) is 9.97 Å². The van der Waals surface area contributed by atoms with E-state index in [2.05, 4.69) is 16.9 Å². The lowest BCUT2D eigenvalue weighted by Crippen LogP contribution is -1.93. The Kier molecular flexibility index (Phi) is 5.85. The summed E-state index contributed by atoms with van der Waals surface area (Å²) in [4.78, 5) is 8.27. The maximum absolute atomic E-state index is 5.51. The lowest BCUT2D eigenvalue weighted by molar-refractivity contribution is 0.441. The summed E-state index contributed by atoms with van der Waals surface area (Å²) in [6.45, 7) is 8.11. The third-order valence-corrected chi connectivity index (χ3v) is 2.32. The van der Waals surface area contributed by atoms with E-state index in [0.29, 0.717) is 6.01 Å². The van der Waals surface area contributed by atoms with Gasteiger partial charge in [-0.3, -0.25) is 0 Å². The van der Waals surface area contributed by atoms with Gasteiger partial charge in [-0.15, -0.1) is 0 Å². The minimum Gasteiger partial charge on any atom is -0.424 e. The zero-order chi connectivity index (χ0) is 13.4. The van der Waals surface area contributed by atoms with Crippen molar-refractivity contribution in [3.8, 4) is 11.8 Å². The van der Waals surface area contributed by atoms with Gasteiger partial charge in [-0.1, -0.05) is 38.5 Å². The molecule has 3 nitrogen and oxygen atoms in total. The fraction of sp³-hybridized carbons (Fsp3) is 0.333. The second kappa shape index (κ2) is 7.43. The Morgan fingerprint density at radius 1 is 1.00 bits per heavy atom. The second-order valence-electron chi connectivity index (χ2n) is 3.64. The van der Waals surface area contributed by atoms with Crippen LogP contribution in [0.15, 0.2) is 36.7 Å². The third-order valence-electron chi connectivity index (χ3n) is 2.32. The van der Waals surface area contributed by atoms with Crippen molar-refractivity contribution in [1.29, 1.82) is 0 Å². The van der Waals surface area contributed by atoms with Crippen molar-refractivity contribution in [1.82, 2.24) is 9.97 Å². The third kappa shape index (κ3) is 4.17. The highest BCUT2D eigenvalue weighted by Gasteiger charge is 1.99. The van der Waals surface area contributed by atoms with Crippen LogP contribution in [0.3, 0.4) is 0 Å². The van der Waals surface area contributed by atoms with Gasteiger partial charge >= 0.3 is 6.01 Å². The monoisotopic (exact) mass is 244 g/mol. The molecule has 96 valence electrons. The summed E-state index contributed by atoms with van der Waals surface area (Å²) in [6, 6.07) is 8.20. The van der Waals surface area contributed by atoms with Gasteiger partial charge in [0.1, 0.15) is 5.75 Å². The van der Waals surface area contributed by atoms with Crippen LogP contribution in [0.2, 0.25) is 0 Å². The Hall–Kier alpha value is -1.90. The molecule has 0 fully saturated rings. The number of rotatable bonds is 3. The molecule has 0 radical (unpaired) electrons. The highest BCUT2D eigenvalue weighted by molar-refractivity contribution is 5.28. The number of ether oxygens (including phenoxy) is 1. The van der Waals surface area contributed by atoms with Crippen molar-refractivity contribution in [3.05, 3.63) is 47.8 Å². The normalized spacial score (nSPS) is 9.33. The Morgan fingerprint density at radius 3 is 2.06 bits per heavy atom. The molecular weight excluding hydrogens is 224 g/mol. The van der Waals surface area contributed by atoms with Crippen molar-refractivity contribution in [3.63, 3.8) is 0 Å². The summed E-state index contributed by atoms with van der Waals surface area (Å²) in [5, 5.41) is 0. The molecule has 0 unspecified atom stereocenters. The molecule has 0 aliphatic rings. The summed E-state index contributed by atoms with van der Waals surface area (Å²) in [5.74, 6) is 0.759. The number of nitrogens with zero attached hydrogens (tertiary/aromatic N) is 2. The average Bonchev–Trinajstić information content (AvgIpc) is 2.44. The molecule has 0 spiro atoms. The van der Waals surface area contributed by atoms with Crippen LogP contribution in [0.25, 0.3) is 0 Å². The van der Waals surface area contributed by atoms with Gasteiger partial charge in [-0.05, 0) is 31.0 Å². The summed E-state index contributed by atoms with van der Waals surface area (Å²) >= 11 is 0. The SMILES string of the molecule is CC.CCc1cnc(Oc2ccc(C)cc2)nc1. The van der Waals surface area contributed by atoms with Crippen LogP contribution in [-0.2, 0) is 6.42 Å². The van der Waals surface area contributed by atoms with Gasteiger partial charge in [0.15, 0.2) is 0 Å². The number of aromatic nitrogens is 2. The highest BCUT2D eigenvalue weighted by Crippen LogP contribution is 2.17. The minimum absolute atomic E-state index is 0.390. The van der Waals surface area contributed by atoms with Crippen LogP contribution in [0.5, 0.6) is 11.8 Å². The molecule has 3 heteroatoms. The Morgan fingerprint density at radius 2 is 1.56 bits per heavy atom. The highest BCUT2D eigenvalue weighted by atomic mass is 16.5. The van der Waals surface area contributed by atoms with Gasteiger partial charge in [0.05, 0.1) is 0 Å². The molecule has 1 aromatic heterocycles. The van der Waals surface area contributed by atoms with Crippen molar-refractivity contribution >= 4 is 0 Å². The van der Waals surface area contributed by atoms with E-state index in [1.165, 1.54) is 5.56 Å². The molecule has 0 bridgehead atoms. The standard InChI is InChI=1S/C13H14N2O.C2H6/c1-3-11-8-14-13(15-9-11)16-12-6-4-10(2)5-7-12;1-2/h4-9H,3H2,1-2H3;1-2H3. The summed E-state index contributed by atoms with van der Waals surface area (Å²) < 4.78 is 5.51. The molecule has 0 saturated heterocycles. The maximum atomic E-state index is 5.51. The lowest BCUT2D eigenvalue weighted by Gasteiger charge is -2.03. The number of aryl methyl sites for hydroxylation is 2. The summed E-state index contributed by atoms with van der Waals surface area (Å²) in [5.41, 5.74) is 2.31. The van der Waals surface area contributed by atoms with E-state index in [1.807, 2.05) is 45.0 Å². The summed E-state index contributed by atoms with van der Waals surface area (Å²) in [7, 11) is 0. The molecule has 0 amide bonds. The Balaban J connectivity index is 0.000000771. The van der Waals surface area contributed by atoms with Crippen LogP contribution >= 0.6 is 0 Å². The second-order valence-corrected chi connectivity index (χ2v) is 3.64. The van der Waals surface area contributed by atoms with E-state index >= 15 is 0 Å². The molecule has 1 heterocycles. The predicted molar refractivity (Wildman–Crippen MR) is 74.0 cm³/mol. The van der Waals surface area contributed by atoms with Crippen LogP contribution in [0, 0.1) is 6.92 Å². The van der Waals surface area contributed by atoms with Gasteiger partial charge in [0, 0.05) is 12.4 Å². The molecule has 0 atom stereocenters. The largest absolute Gasteiger partial charge is 0.424 e. The molecule has 2 aromatic rings. The topological polar surface area (TPSA) is 35.0 Å². The zero-order valence-electron chi connectivity index (χ0n) is 11.5. The van der Waals surface area contributed by atoms with Gasteiger partial charge in [0.25, 0.3) is 0 Å².